The molecule has 0 spiro atoms. The SMILES string of the molecule is COc1cccc2cc(C(=O)NCC3CCCO3)c(=Nc3cccc(C(C)C)c3)oc12. The molecule has 0 aliphatic carbocycles. The fourth-order valence-electron chi connectivity index (χ4n) is 3.71. The molecule has 1 aromatic heterocycles. The summed E-state index contributed by atoms with van der Waals surface area (Å²) in [7, 11) is 1.59. The van der Waals surface area contributed by atoms with Crippen molar-refractivity contribution in [1.29, 1.82) is 0 Å². The molecule has 0 saturated carbocycles. The molecule has 1 fully saturated rings. The van der Waals surface area contributed by atoms with Crippen molar-refractivity contribution in [2.75, 3.05) is 20.3 Å². The summed E-state index contributed by atoms with van der Waals surface area (Å²) >= 11 is 0. The van der Waals surface area contributed by atoms with Crippen LogP contribution in [-0.4, -0.2) is 32.3 Å². The molecule has 1 amide bonds. The Morgan fingerprint density at radius 1 is 1.23 bits per heavy atom. The topological polar surface area (TPSA) is 73.1 Å². The zero-order valence-corrected chi connectivity index (χ0v) is 18.2. The maximum absolute atomic E-state index is 13.1. The molecule has 2 heterocycles. The number of fused-ring (bicyclic) bond motifs is 1. The number of ether oxygens (including phenoxy) is 2. The van der Waals surface area contributed by atoms with E-state index < -0.39 is 0 Å². The summed E-state index contributed by atoms with van der Waals surface area (Å²) in [6.45, 7) is 5.48. The van der Waals surface area contributed by atoms with Gasteiger partial charge >= 0.3 is 0 Å². The van der Waals surface area contributed by atoms with Gasteiger partial charge in [-0.15, -0.1) is 0 Å². The molecule has 1 N–H and O–H groups in total. The van der Waals surface area contributed by atoms with E-state index in [1.54, 1.807) is 13.2 Å². The number of nitrogens with zero attached hydrogens (tertiary/aromatic N) is 1. The number of rotatable bonds is 6. The Morgan fingerprint density at radius 3 is 2.81 bits per heavy atom. The van der Waals surface area contributed by atoms with E-state index in [4.69, 9.17) is 18.9 Å². The third kappa shape index (κ3) is 4.80. The first-order valence-corrected chi connectivity index (χ1v) is 10.7. The van der Waals surface area contributed by atoms with Gasteiger partial charge in [0.05, 0.1) is 18.9 Å². The normalized spacial score (nSPS) is 16.8. The first-order valence-electron chi connectivity index (χ1n) is 10.7. The second-order valence-corrected chi connectivity index (χ2v) is 8.05. The quantitative estimate of drug-likeness (QED) is 0.627. The summed E-state index contributed by atoms with van der Waals surface area (Å²) in [5, 5.41) is 3.75. The number of amides is 1. The number of methoxy groups -OCH3 is 1. The molecule has 1 unspecified atom stereocenters. The van der Waals surface area contributed by atoms with E-state index in [-0.39, 0.29) is 17.6 Å². The van der Waals surface area contributed by atoms with Gasteiger partial charge in [-0.25, -0.2) is 4.99 Å². The summed E-state index contributed by atoms with van der Waals surface area (Å²) in [6, 6.07) is 15.3. The molecule has 3 aromatic rings. The van der Waals surface area contributed by atoms with Gasteiger partial charge in [0, 0.05) is 18.5 Å². The van der Waals surface area contributed by atoms with Crippen LogP contribution in [0, 0.1) is 0 Å². The van der Waals surface area contributed by atoms with Gasteiger partial charge in [-0.05, 0) is 48.6 Å². The third-order valence-electron chi connectivity index (χ3n) is 5.48. The van der Waals surface area contributed by atoms with Gasteiger partial charge in [-0.3, -0.25) is 4.79 Å². The van der Waals surface area contributed by atoms with Crippen LogP contribution in [0.4, 0.5) is 5.69 Å². The number of para-hydroxylation sites is 1. The van der Waals surface area contributed by atoms with Crippen molar-refractivity contribution in [2.24, 2.45) is 4.99 Å². The van der Waals surface area contributed by atoms with Crippen LogP contribution in [0.15, 0.2) is 57.9 Å². The van der Waals surface area contributed by atoms with Gasteiger partial charge in [0.25, 0.3) is 5.91 Å². The van der Waals surface area contributed by atoms with Gasteiger partial charge in [0.2, 0.25) is 5.55 Å². The van der Waals surface area contributed by atoms with Crippen molar-refractivity contribution in [2.45, 2.75) is 38.7 Å². The first kappa shape index (κ1) is 21.1. The van der Waals surface area contributed by atoms with Crippen LogP contribution in [0.5, 0.6) is 5.75 Å². The molecule has 6 heteroatoms. The average molecular weight is 421 g/mol. The molecule has 1 aliphatic heterocycles. The highest BCUT2D eigenvalue weighted by Gasteiger charge is 2.19. The predicted octanol–water partition coefficient (Wildman–Crippen LogP) is 4.71. The van der Waals surface area contributed by atoms with E-state index in [1.807, 2.05) is 36.4 Å². The second-order valence-electron chi connectivity index (χ2n) is 8.05. The van der Waals surface area contributed by atoms with Crippen LogP contribution in [0.25, 0.3) is 11.0 Å². The Hall–Kier alpha value is -3.12. The minimum atomic E-state index is -0.234. The molecule has 1 saturated heterocycles. The van der Waals surface area contributed by atoms with Crippen molar-refractivity contribution in [3.8, 4) is 5.75 Å². The summed E-state index contributed by atoms with van der Waals surface area (Å²) < 4.78 is 17.2. The van der Waals surface area contributed by atoms with Gasteiger partial charge < -0.3 is 19.2 Å². The minimum absolute atomic E-state index is 0.0598. The average Bonchev–Trinajstić information content (AvgIpc) is 3.30. The smallest absolute Gasteiger partial charge is 0.256 e. The molecule has 0 radical (unpaired) electrons. The van der Waals surface area contributed by atoms with Gasteiger partial charge in [-0.2, -0.15) is 0 Å². The Kier molecular flexibility index (Phi) is 6.37. The molecule has 1 aliphatic rings. The van der Waals surface area contributed by atoms with E-state index >= 15 is 0 Å². The maximum Gasteiger partial charge on any atom is 0.256 e. The Labute approximate surface area is 181 Å². The van der Waals surface area contributed by atoms with E-state index in [0.717, 1.165) is 30.5 Å². The number of hydrogen-bond acceptors (Lipinski definition) is 5. The van der Waals surface area contributed by atoms with Crippen LogP contribution < -0.4 is 15.6 Å². The highest BCUT2D eigenvalue weighted by atomic mass is 16.5. The molecule has 162 valence electrons. The van der Waals surface area contributed by atoms with Crippen LogP contribution >= 0.6 is 0 Å². The zero-order valence-electron chi connectivity index (χ0n) is 18.2. The summed E-state index contributed by atoms with van der Waals surface area (Å²) in [5.74, 6) is 0.733. The summed E-state index contributed by atoms with van der Waals surface area (Å²) in [5.41, 5.74) is 3.09. The lowest BCUT2D eigenvalue weighted by Gasteiger charge is -2.12. The molecular weight excluding hydrogens is 392 g/mol. The third-order valence-corrected chi connectivity index (χ3v) is 5.48. The van der Waals surface area contributed by atoms with Gasteiger partial charge in [-0.1, -0.05) is 38.1 Å². The maximum atomic E-state index is 13.1. The Morgan fingerprint density at radius 2 is 2.06 bits per heavy atom. The summed E-state index contributed by atoms with van der Waals surface area (Å²) in [4.78, 5) is 17.8. The monoisotopic (exact) mass is 420 g/mol. The molecule has 1 atom stereocenters. The van der Waals surface area contributed by atoms with Gasteiger partial charge in [0.15, 0.2) is 11.3 Å². The predicted molar refractivity (Wildman–Crippen MR) is 120 cm³/mol. The number of nitrogens with one attached hydrogen (secondary N) is 1. The van der Waals surface area contributed by atoms with Crippen LogP contribution in [0.1, 0.15) is 48.5 Å². The fraction of sp³-hybridized carbons (Fsp3) is 0.360. The second kappa shape index (κ2) is 9.35. The van der Waals surface area contributed by atoms with E-state index in [2.05, 4.69) is 25.2 Å². The van der Waals surface area contributed by atoms with Crippen molar-refractivity contribution >= 4 is 22.6 Å². The lowest BCUT2D eigenvalue weighted by molar-refractivity contribution is 0.0854. The standard InChI is InChI=1S/C25H28N2O4/c1-16(2)17-7-4-9-19(13-17)27-25-21(24(28)26-15-20-10-6-12-30-20)14-18-8-5-11-22(29-3)23(18)31-25/h4-5,7-9,11,13-14,16,20H,6,10,12,15H2,1-3H3,(H,26,28). The highest BCUT2D eigenvalue weighted by Crippen LogP contribution is 2.25. The van der Waals surface area contributed by atoms with Crippen molar-refractivity contribution in [3.05, 3.63) is 65.2 Å². The molecular formula is C25H28N2O4. The van der Waals surface area contributed by atoms with E-state index in [9.17, 15) is 4.79 Å². The number of benzene rings is 2. The largest absolute Gasteiger partial charge is 0.493 e. The molecule has 0 bridgehead atoms. The van der Waals surface area contributed by atoms with Crippen LogP contribution in [0.3, 0.4) is 0 Å². The fourth-order valence-corrected chi connectivity index (χ4v) is 3.71. The van der Waals surface area contributed by atoms with E-state index in [1.165, 1.54) is 5.56 Å². The van der Waals surface area contributed by atoms with Crippen LogP contribution in [-0.2, 0) is 4.74 Å². The van der Waals surface area contributed by atoms with Gasteiger partial charge in [0.1, 0.15) is 5.56 Å². The minimum Gasteiger partial charge on any atom is -0.493 e. The van der Waals surface area contributed by atoms with E-state index in [0.29, 0.717) is 29.4 Å². The van der Waals surface area contributed by atoms with Crippen molar-refractivity contribution < 1.29 is 18.7 Å². The Bertz CT molecular complexity index is 1140. The van der Waals surface area contributed by atoms with Crippen molar-refractivity contribution in [1.82, 2.24) is 5.32 Å². The zero-order chi connectivity index (χ0) is 21.8. The Balaban J connectivity index is 1.79. The molecule has 31 heavy (non-hydrogen) atoms. The molecule has 4 rings (SSSR count). The molecule has 2 aromatic carbocycles. The number of hydrogen-bond donors (Lipinski definition) is 1. The lowest BCUT2D eigenvalue weighted by Crippen LogP contribution is -2.34. The highest BCUT2D eigenvalue weighted by molar-refractivity contribution is 5.97. The number of carbonyl (C=O) groups excluding carboxylic acids is 1. The van der Waals surface area contributed by atoms with Crippen LogP contribution in [0.2, 0.25) is 0 Å². The van der Waals surface area contributed by atoms with Crippen molar-refractivity contribution in [3.63, 3.8) is 0 Å². The first-order chi connectivity index (χ1) is 15.0. The molecule has 6 nitrogen and oxygen atoms in total. The lowest BCUT2D eigenvalue weighted by atomic mass is 10.0. The number of carbonyl (C=O) groups is 1. The summed E-state index contributed by atoms with van der Waals surface area (Å²) in [6.07, 6.45) is 2.04.